The molecule has 2 saturated heterocycles. The maximum absolute atomic E-state index is 14.5. The van der Waals surface area contributed by atoms with Crippen molar-refractivity contribution in [2.24, 2.45) is 17.6 Å². The van der Waals surface area contributed by atoms with Crippen LogP contribution in [0.4, 0.5) is 31.4 Å². The third-order valence-electron chi connectivity index (χ3n) is 14.7. The van der Waals surface area contributed by atoms with Gasteiger partial charge in [0, 0.05) is 70.0 Å². The molecule has 2 fully saturated rings. The van der Waals surface area contributed by atoms with Gasteiger partial charge in [-0.1, -0.05) is 56.2 Å². The number of primary amides is 1. The minimum atomic E-state index is -1.91. The van der Waals surface area contributed by atoms with Gasteiger partial charge in [0.25, 0.3) is 11.8 Å². The second kappa shape index (κ2) is 28.6. The number of amides is 9. The van der Waals surface area contributed by atoms with E-state index in [1.54, 1.807) is 52.0 Å². The molecule has 9 amide bonds. The molecule has 4 aliphatic heterocycles. The number of hydrogen-bond acceptors (Lipinski definition) is 16. The van der Waals surface area contributed by atoms with Crippen molar-refractivity contribution >= 4 is 93.7 Å². The normalized spacial score (nSPS) is 25.1. The quantitative estimate of drug-likeness (QED) is 0.0383. The van der Waals surface area contributed by atoms with E-state index >= 15 is 0 Å². The maximum atomic E-state index is 14.5. The molecule has 0 aliphatic carbocycles. The lowest BCUT2D eigenvalue weighted by Crippen LogP contribution is -2.63. The van der Waals surface area contributed by atoms with Crippen LogP contribution in [0.15, 0.2) is 66.3 Å². The van der Waals surface area contributed by atoms with Crippen LogP contribution in [0, 0.1) is 11.8 Å². The van der Waals surface area contributed by atoms with E-state index in [2.05, 4.69) is 37.2 Å². The number of rotatable bonds is 20. The van der Waals surface area contributed by atoms with Crippen LogP contribution in [-0.4, -0.2) is 159 Å². The van der Waals surface area contributed by atoms with Gasteiger partial charge in [0.2, 0.25) is 17.7 Å². The Morgan fingerprint density at radius 2 is 1.65 bits per heavy atom. The molecule has 452 valence electrons. The Morgan fingerprint density at radius 3 is 2.31 bits per heavy atom. The number of allylic oxidation sites excluding steroid dienone is 3. The molecule has 25 nitrogen and oxygen atoms in total. The predicted molar refractivity (Wildman–Crippen MR) is 311 cm³/mol. The second-order valence-electron chi connectivity index (χ2n) is 21.2. The second-order valence-corrected chi connectivity index (χ2v) is 22.0. The average Bonchev–Trinajstić information content (AvgIpc) is 2.16. The van der Waals surface area contributed by atoms with E-state index in [1.807, 2.05) is 13.0 Å². The van der Waals surface area contributed by atoms with Gasteiger partial charge in [0.15, 0.2) is 10.8 Å². The summed E-state index contributed by atoms with van der Waals surface area (Å²) in [5, 5.41) is 31.5. The highest BCUT2D eigenvalue weighted by atomic mass is 35.5. The largest absolute Gasteiger partial charge is 0.495 e. The molecule has 6 rings (SSSR count). The van der Waals surface area contributed by atoms with Gasteiger partial charge in [-0.2, -0.15) is 0 Å². The standard InChI is InChI=1S/C56H75ClN10O15S/c1-30(2)47(64-52(83)60-21-10-11-23-67-43(68)19-20-44(67)69)50(72)63-36(15-13-22-59-51(58)73)49(71)62-35-18-17-34(27-38(35)77-7)61-53(74)81-42-28-45(70)66(6)37-25-33(26-39(78-8)46(37)57)24-31(3)14-12-16-41(79-9)56(76)29-40(80-54(75)65-56)32(4)48-55(42,5)82-48/h12,14,16-20,25-27,30,32,36,40-42,47-48,76H,10-11,13,15,21-24,28-29H2,1-9H3,(H,61,74)(H,62,71)(H,63,72)(H,65,75)(H3,58,59,73)(H2,60,64,83)/b16-12+,31-14+/t32-,36+,40+,41-,42+,47+,48+,55+,56+/m1/s1. The molecule has 0 saturated carbocycles. The zero-order valence-electron chi connectivity index (χ0n) is 47.9. The Morgan fingerprint density at radius 1 is 0.952 bits per heavy atom. The summed E-state index contributed by atoms with van der Waals surface area (Å²) in [6.45, 7) is 9.62. The number of methoxy groups -OCH3 is 3. The highest BCUT2D eigenvalue weighted by molar-refractivity contribution is 7.80. The molecule has 2 aromatic rings. The fourth-order valence-corrected chi connectivity index (χ4v) is 10.5. The Hall–Kier alpha value is -7.52. The number of carbonyl (C=O) groups excluding carboxylic acids is 8. The Balaban J connectivity index is 1.18. The SMILES string of the molecule is COc1cc(NC(=O)O[C@H]2CC(=O)N(C)c3cc(cc(OC)c3Cl)C/C(C)=C/C=C/[C@@H](OC)[C@@]3(O)C[C@H](OC(=O)N3)[C@@H](C)[C@@H]3O[C@@]23C)ccc1NC(=O)[C@H](CCCNC(N)=O)NC(=O)[C@@H](NC(=S)NCCCCN1C(=O)C=CC1=O)C(C)C. The van der Waals surface area contributed by atoms with Crippen LogP contribution in [0.2, 0.25) is 5.02 Å². The van der Waals surface area contributed by atoms with Crippen molar-refractivity contribution in [3.8, 4) is 11.5 Å². The number of epoxide rings is 1. The first-order chi connectivity index (χ1) is 39.3. The molecule has 0 unspecified atom stereocenters. The molecule has 4 bridgehead atoms. The molecule has 9 atom stereocenters. The number of ether oxygens (including phenoxy) is 6. The number of urea groups is 1. The van der Waals surface area contributed by atoms with Crippen LogP contribution in [0.25, 0.3) is 0 Å². The summed E-state index contributed by atoms with van der Waals surface area (Å²) >= 11 is 12.3. The fraction of sp³-hybridized carbons (Fsp3) is 0.518. The summed E-state index contributed by atoms with van der Waals surface area (Å²) < 4.78 is 35.1. The molecular weight excluding hydrogens is 1120 g/mol. The lowest BCUT2D eigenvalue weighted by molar-refractivity contribution is -0.142. The summed E-state index contributed by atoms with van der Waals surface area (Å²) in [5.41, 5.74) is 4.26. The van der Waals surface area contributed by atoms with Crippen molar-refractivity contribution < 1.29 is 71.9 Å². The number of unbranched alkanes of at least 4 members (excludes halogenated alkanes) is 1. The summed E-state index contributed by atoms with van der Waals surface area (Å²) in [5.74, 6) is -3.00. The van der Waals surface area contributed by atoms with E-state index in [1.165, 1.54) is 63.6 Å². The van der Waals surface area contributed by atoms with E-state index in [9.17, 15) is 43.5 Å². The van der Waals surface area contributed by atoms with Gasteiger partial charge in [0.1, 0.15) is 52.5 Å². The lowest BCUT2D eigenvalue weighted by Gasteiger charge is -2.42. The number of imide groups is 1. The van der Waals surface area contributed by atoms with Crippen LogP contribution < -0.4 is 57.3 Å². The zero-order valence-corrected chi connectivity index (χ0v) is 49.5. The number of alkyl carbamates (subject to hydrolysis) is 1. The summed E-state index contributed by atoms with van der Waals surface area (Å²) in [6.07, 6.45) is 2.94. The van der Waals surface area contributed by atoms with Crippen LogP contribution in [0.5, 0.6) is 11.5 Å². The van der Waals surface area contributed by atoms with Gasteiger partial charge in [-0.25, -0.2) is 14.4 Å². The number of thiocarbonyl (C=S) groups is 1. The number of nitrogens with one attached hydrogen (secondary N) is 7. The number of nitrogens with zero attached hydrogens (tertiary/aromatic N) is 2. The molecule has 0 spiro atoms. The van der Waals surface area contributed by atoms with Crippen LogP contribution in [0.1, 0.15) is 78.7 Å². The summed E-state index contributed by atoms with van der Waals surface area (Å²) in [6, 6.07) is 5.00. The van der Waals surface area contributed by atoms with Crippen molar-refractivity contribution in [3.63, 3.8) is 0 Å². The van der Waals surface area contributed by atoms with E-state index in [0.717, 1.165) is 16.0 Å². The molecule has 4 heterocycles. The summed E-state index contributed by atoms with van der Waals surface area (Å²) in [7, 11) is 5.73. The number of aliphatic hydroxyl groups is 1. The highest BCUT2D eigenvalue weighted by Gasteiger charge is 2.64. The molecule has 10 N–H and O–H groups in total. The van der Waals surface area contributed by atoms with Crippen LogP contribution in [0.3, 0.4) is 0 Å². The van der Waals surface area contributed by atoms with Gasteiger partial charge < -0.3 is 70.7 Å². The number of halogens is 1. The van der Waals surface area contributed by atoms with E-state index in [4.69, 9.17) is 58.0 Å². The lowest BCUT2D eigenvalue weighted by atomic mass is 9.83. The first-order valence-electron chi connectivity index (χ1n) is 27.1. The molecular formula is C56H75ClN10O15S. The topological polar surface area (TPSA) is 332 Å². The van der Waals surface area contributed by atoms with E-state index in [0.29, 0.717) is 37.2 Å². The number of carbonyl (C=O) groups is 8. The highest BCUT2D eigenvalue weighted by Crippen LogP contribution is 2.49. The molecule has 2 aromatic carbocycles. The monoisotopic (exact) mass is 1190 g/mol. The van der Waals surface area contributed by atoms with Crippen LogP contribution >= 0.6 is 23.8 Å². The molecule has 0 aromatic heterocycles. The molecule has 83 heavy (non-hydrogen) atoms. The predicted octanol–water partition coefficient (Wildman–Crippen LogP) is 4.45. The minimum Gasteiger partial charge on any atom is -0.495 e. The van der Waals surface area contributed by atoms with Crippen molar-refractivity contribution in [2.75, 3.05) is 63.5 Å². The number of anilines is 3. The van der Waals surface area contributed by atoms with E-state index < -0.39 is 96.1 Å². The van der Waals surface area contributed by atoms with E-state index in [-0.39, 0.29) is 77.3 Å². The minimum absolute atomic E-state index is 0.0560. The number of hydrogen-bond donors (Lipinski definition) is 9. The third-order valence-corrected chi connectivity index (χ3v) is 15.4. The fourth-order valence-electron chi connectivity index (χ4n) is 10.00. The van der Waals surface area contributed by atoms with Gasteiger partial charge in [-0.3, -0.25) is 39.5 Å². The van der Waals surface area contributed by atoms with Crippen LogP contribution in [-0.2, 0) is 49.3 Å². The number of fused-ring (bicyclic) bond motifs is 5. The van der Waals surface area contributed by atoms with Crippen molar-refractivity contribution in [1.29, 1.82) is 0 Å². The molecule has 0 radical (unpaired) electrons. The van der Waals surface area contributed by atoms with Gasteiger partial charge in [0.05, 0.1) is 38.1 Å². The third kappa shape index (κ3) is 16.8. The zero-order chi connectivity index (χ0) is 60.9. The number of nitrogens with two attached hydrogens (primary N) is 1. The number of benzene rings is 2. The first-order valence-corrected chi connectivity index (χ1v) is 27.9. The Kier molecular flexibility index (Phi) is 22.3. The van der Waals surface area contributed by atoms with Gasteiger partial charge >= 0.3 is 18.2 Å². The van der Waals surface area contributed by atoms with Crippen molar-refractivity contribution in [1.82, 2.24) is 31.5 Å². The maximum Gasteiger partial charge on any atom is 0.412 e. The van der Waals surface area contributed by atoms with Crippen molar-refractivity contribution in [2.45, 2.75) is 127 Å². The summed E-state index contributed by atoms with van der Waals surface area (Å²) in [4.78, 5) is 107. The van der Waals surface area contributed by atoms with Crippen molar-refractivity contribution in [3.05, 3.63) is 76.9 Å². The Labute approximate surface area is 492 Å². The smallest absolute Gasteiger partial charge is 0.412 e. The first kappa shape index (κ1) is 64.6. The van der Waals surface area contributed by atoms with Gasteiger partial charge in [-0.05, 0) is 93.9 Å². The average molecular weight is 1200 g/mol. The van der Waals surface area contributed by atoms with Gasteiger partial charge in [-0.15, -0.1) is 0 Å². The molecule has 27 heteroatoms. The molecule has 4 aliphatic rings. The Bertz CT molecular complexity index is 2870.